The Morgan fingerprint density at radius 3 is 1.57 bits per heavy atom. The second kappa shape index (κ2) is 14.6. The van der Waals surface area contributed by atoms with E-state index < -0.39 is 0 Å². The van der Waals surface area contributed by atoms with E-state index in [-0.39, 0.29) is 16.2 Å². The van der Waals surface area contributed by atoms with Gasteiger partial charge in [-0.2, -0.15) is 0 Å². The zero-order valence-electron chi connectivity index (χ0n) is 38.5. The van der Waals surface area contributed by atoms with Gasteiger partial charge in [0, 0.05) is 22.2 Å². The van der Waals surface area contributed by atoms with Crippen molar-refractivity contribution >= 4 is 21.5 Å². The second-order valence-electron chi connectivity index (χ2n) is 20.8. The summed E-state index contributed by atoms with van der Waals surface area (Å²) < 4.78 is 0. The Bertz CT molecular complexity index is 3360. The summed E-state index contributed by atoms with van der Waals surface area (Å²) in [5.41, 5.74) is 21.2. The van der Waals surface area contributed by atoms with Gasteiger partial charge in [-0.05, 0) is 129 Å². The summed E-state index contributed by atoms with van der Waals surface area (Å²) in [4.78, 5) is 0. The maximum atomic E-state index is 2.50. The van der Waals surface area contributed by atoms with Crippen molar-refractivity contribution in [3.63, 3.8) is 0 Å². The van der Waals surface area contributed by atoms with E-state index in [9.17, 15) is 0 Å². The lowest BCUT2D eigenvalue weighted by molar-refractivity contribution is 0.575. The van der Waals surface area contributed by atoms with Crippen LogP contribution in [0.2, 0.25) is 0 Å². The average Bonchev–Trinajstić information content (AvgIpc) is 3.79. The van der Waals surface area contributed by atoms with E-state index >= 15 is 0 Å². The molecular formula is C65H56. The first-order chi connectivity index (χ1) is 31.5. The molecule has 0 saturated carbocycles. The van der Waals surface area contributed by atoms with Crippen LogP contribution < -0.4 is 0 Å². The average molecular weight is 837 g/mol. The van der Waals surface area contributed by atoms with Crippen LogP contribution in [0.4, 0.5) is 0 Å². The van der Waals surface area contributed by atoms with Crippen molar-refractivity contribution < 1.29 is 0 Å². The quantitative estimate of drug-likeness (QED) is 0.140. The van der Waals surface area contributed by atoms with Crippen LogP contribution in [-0.4, -0.2) is 0 Å². The highest BCUT2D eigenvalue weighted by molar-refractivity contribution is 6.03. The summed E-state index contributed by atoms with van der Waals surface area (Å²) in [5.74, 6) is 1.16. The molecule has 65 heavy (non-hydrogen) atoms. The monoisotopic (exact) mass is 836 g/mol. The molecule has 0 fully saturated rings. The summed E-state index contributed by atoms with van der Waals surface area (Å²) in [6.07, 6.45) is 7.28. The highest BCUT2D eigenvalue weighted by Gasteiger charge is 2.39. The molecule has 0 heteroatoms. The van der Waals surface area contributed by atoms with E-state index in [4.69, 9.17) is 0 Å². The van der Waals surface area contributed by atoms with Crippen LogP contribution in [0.3, 0.4) is 0 Å². The number of benzene rings is 9. The Kier molecular flexibility index (Phi) is 8.96. The molecule has 3 aliphatic carbocycles. The molecule has 0 aromatic heterocycles. The molecule has 2 atom stereocenters. The lowest BCUT2D eigenvalue weighted by Gasteiger charge is -2.30. The van der Waals surface area contributed by atoms with E-state index in [0.29, 0.717) is 11.8 Å². The molecule has 3 aliphatic rings. The van der Waals surface area contributed by atoms with Crippen LogP contribution in [0, 0.1) is 0 Å². The number of fused-ring (bicyclic) bond motifs is 7. The number of hydrogen-bond donors (Lipinski definition) is 0. The highest BCUT2D eigenvalue weighted by Crippen LogP contribution is 2.54. The van der Waals surface area contributed by atoms with Crippen LogP contribution in [-0.2, 0) is 16.2 Å². The van der Waals surface area contributed by atoms with Crippen molar-refractivity contribution in [1.29, 1.82) is 0 Å². The molecule has 0 bridgehead atoms. The molecule has 0 nitrogen and oxygen atoms in total. The summed E-state index contributed by atoms with van der Waals surface area (Å²) >= 11 is 0. The predicted octanol–water partition coefficient (Wildman–Crippen LogP) is 17.5. The van der Waals surface area contributed by atoms with Gasteiger partial charge in [-0.1, -0.05) is 236 Å². The molecule has 0 amide bonds. The minimum atomic E-state index is -0.170. The summed E-state index contributed by atoms with van der Waals surface area (Å²) in [6.45, 7) is 14.3. The third-order valence-electron chi connectivity index (χ3n) is 16.2. The topological polar surface area (TPSA) is 0 Å². The van der Waals surface area contributed by atoms with Crippen molar-refractivity contribution in [3.05, 3.63) is 239 Å². The van der Waals surface area contributed by atoms with Gasteiger partial charge in [0.15, 0.2) is 0 Å². The molecule has 0 radical (unpaired) electrons. The van der Waals surface area contributed by atoms with E-state index in [1.807, 2.05) is 0 Å². The smallest absolute Gasteiger partial charge is 0.0159 e. The van der Waals surface area contributed by atoms with Gasteiger partial charge < -0.3 is 0 Å². The Morgan fingerprint density at radius 2 is 0.923 bits per heavy atom. The maximum absolute atomic E-state index is 2.50. The third-order valence-corrected chi connectivity index (χ3v) is 16.2. The fraction of sp³-hybridized carbons (Fsp3) is 0.200. The zero-order chi connectivity index (χ0) is 44.2. The van der Waals surface area contributed by atoms with Crippen LogP contribution in [0.5, 0.6) is 0 Å². The molecule has 0 spiro atoms. The van der Waals surface area contributed by atoms with Gasteiger partial charge in [0.1, 0.15) is 0 Å². The van der Waals surface area contributed by atoms with E-state index in [1.54, 1.807) is 5.56 Å². The van der Waals surface area contributed by atoms with Gasteiger partial charge >= 0.3 is 0 Å². The fourth-order valence-corrected chi connectivity index (χ4v) is 12.1. The van der Waals surface area contributed by atoms with Crippen molar-refractivity contribution in [2.75, 3.05) is 0 Å². The molecule has 2 unspecified atom stereocenters. The fourth-order valence-electron chi connectivity index (χ4n) is 12.1. The minimum Gasteiger partial charge on any atom is -0.0879 e. The highest BCUT2D eigenvalue weighted by atomic mass is 14.4. The van der Waals surface area contributed by atoms with E-state index in [0.717, 1.165) is 0 Å². The van der Waals surface area contributed by atoms with Crippen molar-refractivity contribution in [2.45, 2.75) is 82.5 Å². The molecule has 0 N–H and O–H groups in total. The number of rotatable bonds is 7. The van der Waals surface area contributed by atoms with Crippen molar-refractivity contribution in [1.82, 2.24) is 0 Å². The Hall–Kier alpha value is -6.76. The predicted molar refractivity (Wildman–Crippen MR) is 276 cm³/mol. The molecule has 0 aliphatic heterocycles. The van der Waals surface area contributed by atoms with E-state index in [2.05, 4.69) is 236 Å². The summed E-state index contributed by atoms with van der Waals surface area (Å²) in [6, 6.07) is 69.4. The standard InChI is InChI=1S/C65H56/c1-63(2,46-29-25-42(26-30-46)41-21-23-44(24-22-41)52-37-38-59-54-17-10-9-16-53(54)58-20-12-19-57(52)62(58)59)48-33-35-55-56-36-34-49(40-61(56)65(5,6)60(55)39-48)64(3,4)47-31-27-45(28-32-47)51-18-11-14-43-13-7-8-15-50(43)51/h7-8,10-15,17-40,53-54H,9,16H2,1-6H3. The summed E-state index contributed by atoms with van der Waals surface area (Å²) in [7, 11) is 0. The molecule has 9 aromatic rings. The molecule has 0 heterocycles. The first-order valence-electron chi connectivity index (χ1n) is 23.8. The van der Waals surface area contributed by atoms with Crippen LogP contribution in [0.25, 0.3) is 66.1 Å². The van der Waals surface area contributed by atoms with Crippen molar-refractivity contribution in [2.24, 2.45) is 0 Å². The molecular weight excluding hydrogens is 781 g/mol. The zero-order valence-corrected chi connectivity index (χ0v) is 38.5. The lowest BCUT2D eigenvalue weighted by Crippen LogP contribution is -2.22. The largest absolute Gasteiger partial charge is 0.0879 e. The maximum Gasteiger partial charge on any atom is 0.0159 e. The van der Waals surface area contributed by atoms with Gasteiger partial charge in [0.05, 0.1) is 0 Å². The Labute approximate surface area is 385 Å². The first kappa shape index (κ1) is 39.8. The number of allylic oxidation sites excluding steroid dienone is 2. The first-order valence-corrected chi connectivity index (χ1v) is 23.8. The van der Waals surface area contributed by atoms with Crippen LogP contribution in [0.15, 0.2) is 194 Å². The second-order valence-corrected chi connectivity index (χ2v) is 20.8. The van der Waals surface area contributed by atoms with Gasteiger partial charge in [0.2, 0.25) is 0 Å². The normalized spacial score (nSPS) is 17.0. The molecule has 0 saturated heterocycles. The van der Waals surface area contributed by atoms with Gasteiger partial charge in [0.25, 0.3) is 0 Å². The van der Waals surface area contributed by atoms with Gasteiger partial charge in [-0.3, -0.25) is 0 Å². The van der Waals surface area contributed by atoms with E-state index in [1.165, 1.54) is 118 Å². The Morgan fingerprint density at radius 1 is 0.431 bits per heavy atom. The van der Waals surface area contributed by atoms with Gasteiger partial charge in [-0.25, -0.2) is 0 Å². The third kappa shape index (κ3) is 6.17. The Balaban J connectivity index is 0.787. The van der Waals surface area contributed by atoms with Crippen LogP contribution in [0.1, 0.15) is 111 Å². The van der Waals surface area contributed by atoms with Gasteiger partial charge in [-0.15, -0.1) is 0 Å². The summed E-state index contributed by atoms with van der Waals surface area (Å²) in [5, 5.41) is 5.46. The minimum absolute atomic E-state index is 0.125. The number of hydrogen-bond acceptors (Lipinski definition) is 0. The lowest BCUT2D eigenvalue weighted by atomic mass is 9.73. The molecule has 12 rings (SSSR count). The van der Waals surface area contributed by atoms with Crippen LogP contribution >= 0.6 is 0 Å². The SMILES string of the molecule is CC(C)(c1ccc(-c2ccc(-c3ccc4c5c(cccc35)C3CCC=CC43)cc2)cc1)c1ccc2c(c1)C(C)(C)c1cc(C(C)(C)c3ccc(-c4cccc5ccccc45)cc3)ccc1-2. The molecule has 316 valence electrons. The van der Waals surface area contributed by atoms with Crippen molar-refractivity contribution in [3.8, 4) is 44.5 Å². The molecule has 9 aromatic carbocycles.